The van der Waals surface area contributed by atoms with Crippen LogP contribution in [0.5, 0.6) is 5.75 Å². The third-order valence-corrected chi connectivity index (χ3v) is 4.51. The van der Waals surface area contributed by atoms with Crippen molar-refractivity contribution in [1.82, 2.24) is 15.0 Å². The van der Waals surface area contributed by atoms with Gasteiger partial charge in [-0.05, 0) is 25.1 Å². The Morgan fingerprint density at radius 1 is 1.24 bits per heavy atom. The number of nitrogens with one attached hydrogen (secondary N) is 2. The van der Waals surface area contributed by atoms with E-state index in [9.17, 15) is 5.11 Å². The number of phenols is 1. The zero-order valence-electron chi connectivity index (χ0n) is 14.0. The van der Waals surface area contributed by atoms with Gasteiger partial charge in [-0.15, -0.1) is 0 Å². The van der Waals surface area contributed by atoms with Crippen molar-refractivity contribution < 1.29 is 9.84 Å². The lowest BCUT2D eigenvalue weighted by molar-refractivity contribution is 0.211. The highest BCUT2D eigenvalue weighted by molar-refractivity contribution is 7.19. The Labute approximate surface area is 149 Å². The highest BCUT2D eigenvalue weighted by atomic mass is 32.1. The molecule has 2 aromatic heterocycles. The van der Waals surface area contributed by atoms with Crippen molar-refractivity contribution in [1.29, 1.82) is 0 Å². The predicted molar refractivity (Wildman–Crippen MR) is 99.6 cm³/mol. The fourth-order valence-corrected chi connectivity index (χ4v) is 3.19. The van der Waals surface area contributed by atoms with Crippen LogP contribution in [0.3, 0.4) is 0 Å². The van der Waals surface area contributed by atoms with Crippen LogP contribution in [-0.2, 0) is 4.74 Å². The monoisotopic (exact) mass is 357 g/mol. The number of benzene rings is 1. The molecule has 0 fully saturated rings. The molecule has 0 radical (unpaired) electrons. The van der Waals surface area contributed by atoms with Crippen molar-refractivity contribution in [2.45, 2.75) is 6.92 Å². The van der Waals surface area contributed by atoms with Gasteiger partial charge in [0.2, 0.25) is 5.95 Å². The number of aromatic nitrogens is 3. The van der Waals surface area contributed by atoms with Gasteiger partial charge < -0.3 is 20.5 Å². The van der Waals surface area contributed by atoms with Crippen molar-refractivity contribution in [2.75, 3.05) is 30.9 Å². The highest BCUT2D eigenvalue weighted by Gasteiger charge is 2.12. The first kappa shape index (κ1) is 17.1. The van der Waals surface area contributed by atoms with E-state index in [0.29, 0.717) is 19.1 Å². The van der Waals surface area contributed by atoms with E-state index in [1.807, 2.05) is 19.1 Å². The fourth-order valence-electron chi connectivity index (χ4n) is 2.23. The molecule has 130 valence electrons. The van der Waals surface area contributed by atoms with Crippen molar-refractivity contribution in [3.63, 3.8) is 0 Å². The number of nitrogens with zero attached hydrogens (tertiary/aromatic N) is 3. The number of rotatable bonds is 7. The lowest BCUT2D eigenvalue weighted by Crippen LogP contribution is -2.06. The average molecular weight is 357 g/mol. The molecule has 0 aliphatic rings. The van der Waals surface area contributed by atoms with Crippen LogP contribution in [0.1, 0.15) is 5.69 Å². The fraction of sp³-hybridized carbons (Fsp3) is 0.235. The van der Waals surface area contributed by atoms with Gasteiger partial charge in [0.25, 0.3) is 0 Å². The number of hydrogen-bond acceptors (Lipinski definition) is 8. The molecule has 0 saturated carbocycles. The van der Waals surface area contributed by atoms with Crippen LogP contribution in [0.15, 0.2) is 36.5 Å². The van der Waals surface area contributed by atoms with E-state index in [1.54, 1.807) is 42.8 Å². The molecule has 0 unspecified atom stereocenters. The smallest absolute Gasteiger partial charge is 0.227 e. The van der Waals surface area contributed by atoms with Gasteiger partial charge in [-0.1, -0.05) is 17.4 Å². The van der Waals surface area contributed by atoms with Crippen molar-refractivity contribution in [3.8, 4) is 16.3 Å². The predicted octanol–water partition coefficient (Wildman–Crippen LogP) is 3.42. The number of ether oxygens (including phenoxy) is 1. The molecule has 25 heavy (non-hydrogen) atoms. The molecule has 3 rings (SSSR count). The highest BCUT2D eigenvalue weighted by Crippen LogP contribution is 2.32. The molecule has 8 heteroatoms. The minimum absolute atomic E-state index is 0.186. The number of thiazole rings is 1. The quantitative estimate of drug-likeness (QED) is 0.558. The SMILES string of the molecule is COCCNc1nc(C)c(-c2ccnc(Nc3cccc(O)c3)n2)s1. The first-order valence-corrected chi connectivity index (χ1v) is 8.57. The largest absolute Gasteiger partial charge is 0.508 e. The minimum Gasteiger partial charge on any atom is -0.508 e. The van der Waals surface area contributed by atoms with Gasteiger partial charge in [0, 0.05) is 31.6 Å². The molecular formula is C17H19N5O2S. The van der Waals surface area contributed by atoms with E-state index in [0.717, 1.165) is 27.1 Å². The summed E-state index contributed by atoms with van der Waals surface area (Å²) < 4.78 is 5.03. The van der Waals surface area contributed by atoms with E-state index in [-0.39, 0.29) is 5.75 Å². The number of aryl methyl sites for hydroxylation is 1. The number of aromatic hydroxyl groups is 1. The van der Waals surface area contributed by atoms with Crippen LogP contribution in [0.2, 0.25) is 0 Å². The third kappa shape index (κ3) is 4.43. The van der Waals surface area contributed by atoms with Gasteiger partial charge in [-0.2, -0.15) is 0 Å². The zero-order chi connectivity index (χ0) is 17.6. The summed E-state index contributed by atoms with van der Waals surface area (Å²) in [5.41, 5.74) is 2.43. The zero-order valence-corrected chi connectivity index (χ0v) is 14.8. The molecule has 0 atom stereocenters. The van der Waals surface area contributed by atoms with Crippen LogP contribution in [0.4, 0.5) is 16.8 Å². The van der Waals surface area contributed by atoms with Gasteiger partial charge in [-0.25, -0.2) is 15.0 Å². The maximum atomic E-state index is 9.55. The number of hydrogen-bond donors (Lipinski definition) is 3. The first-order valence-electron chi connectivity index (χ1n) is 7.75. The molecule has 0 bridgehead atoms. The van der Waals surface area contributed by atoms with E-state index < -0.39 is 0 Å². The van der Waals surface area contributed by atoms with Crippen LogP contribution < -0.4 is 10.6 Å². The van der Waals surface area contributed by atoms with Crippen LogP contribution in [-0.4, -0.2) is 40.3 Å². The standard InChI is InChI=1S/C17H19N5O2S/c1-11-15(25-17(20-11)19-8-9-24-2)14-6-7-18-16(22-14)21-12-4-3-5-13(23)10-12/h3-7,10,23H,8-9H2,1-2H3,(H,19,20)(H,18,21,22). The molecule has 0 amide bonds. The summed E-state index contributed by atoms with van der Waals surface area (Å²) in [6.45, 7) is 3.29. The van der Waals surface area contributed by atoms with E-state index in [2.05, 4.69) is 25.6 Å². The summed E-state index contributed by atoms with van der Waals surface area (Å²) in [4.78, 5) is 14.3. The lowest BCUT2D eigenvalue weighted by Gasteiger charge is -2.06. The molecule has 0 spiro atoms. The Morgan fingerprint density at radius 3 is 2.92 bits per heavy atom. The summed E-state index contributed by atoms with van der Waals surface area (Å²) in [6, 6.07) is 8.68. The Balaban J connectivity index is 1.79. The molecule has 7 nitrogen and oxygen atoms in total. The summed E-state index contributed by atoms with van der Waals surface area (Å²) in [7, 11) is 1.67. The van der Waals surface area contributed by atoms with E-state index in [1.165, 1.54) is 0 Å². The molecule has 0 aliphatic heterocycles. The molecule has 0 saturated heterocycles. The Kier molecular flexibility index (Phi) is 5.42. The summed E-state index contributed by atoms with van der Waals surface area (Å²) in [6.07, 6.45) is 1.70. The first-order chi connectivity index (χ1) is 12.2. The second-order valence-corrected chi connectivity index (χ2v) is 6.29. The minimum atomic E-state index is 0.186. The second-order valence-electron chi connectivity index (χ2n) is 5.29. The molecule has 3 N–H and O–H groups in total. The molecular weight excluding hydrogens is 338 g/mol. The van der Waals surface area contributed by atoms with Gasteiger partial charge in [0.15, 0.2) is 5.13 Å². The van der Waals surface area contributed by atoms with E-state index >= 15 is 0 Å². The molecule has 3 aromatic rings. The second kappa shape index (κ2) is 7.91. The Morgan fingerprint density at radius 2 is 2.12 bits per heavy atom. The van der Waals surface area contributed by atoms with Gasteiger partial charge in [-0.3, -0.25) is 0 Å². The van der Waals surface area contributed by atoms with Crippen molar-refractivity contribution in [3.05, 3.63) is 42.2 Å². The third-order valence-electron chi connectivity index (χ3n) is 3.37. The number of phenolic OH excluding ortho intramolecular Hbond substituents is 1. The van der Waals surface area contributed by atoms with Gasteiger partial charge >= 0.3 is 0 Å². The van der Waals surface area contributed by atoms with E-state index in [4.69, 9.17) is 4.74 Å². The van der Waals surface area contributed by atoms with Crippen molar-refractivity contribution in [2.24, 2.45) is 0 Å². The summed E-state index contributed by atoms with van der Waals surface area (Å²) >= 11 is 1.54. The maximum Gasteiger partial charge on any atom is 0.227 e. The topological polar surface area (TPSA) is 92.2 Å². The number of methoxy groups -OCH3 is 1. The summed E-state index contributed by atoms with van der Waals surface area (Å²) in [5, 5.41) is 16.7. The maximum absolute atomic E-state index is 9.55. The van der Waals surface area contributed by atoms with Crippen LogP contribution in [0.25, 0.3) is 10.6 Å². The Hall–Kier alpha value is -2.71. The lowest BCUT2D eigenvalue weighted by atomic mass is 10.3. The summed E-state index contributed by atoms with van der Waals surface area (Å²) in [5.74, 6) is 0.649. The number of anilines is 3. The molecule has 2 heterocycles. The van der Waals surface area contributed by atoms with Gasteiger partial charge in [0.1, 0.15) is 5.75 Å². The Bertz CT molecular complexity index is 853. The normalized spacial score (nSPS) is 10.6. The van der Waals surface area contributed by atoms with Crippen LogP contribution in [0, 0.1) is 6.92 Å². The van der Waals surface area contributed by atoms with Crippen molar-refractivity contribution >= 4 is 28.1 Å². The average Bonchev–Trinajstić information content (AvgIpc) is 2.96. The van der Waals surface area contributed by atoms with Crippen LogP contribution >= 0.6 is 11.3 Å². The van der Waals surface area contributed by atoms with Gasteiger partial charge in [0.05, 0.1) is 22.9 Å². The molecule has 1 aromatic carbocycles. The molecule has 0 aliphatic carbocycles.